The van der Waals surface area contributed by atoms with Gasteiger partial charge in [0, 0.05) is 17.0 Å². The summed E-state index contributed by atoms with van der Waals surface area (Å²) in [6.45, 7) is 0.472. The molecule has 18 heavy (non-hydrogen) atoms. The lowest BCUT2D eigenvalue weighted by Crippen LogP contribution is -2.28. The Bertz CT molecular complexity index is 813. The van der Waals surface area contributed by atoms with E-state index in [9.17, 15) is 9.59 Å². The van der Waals surface area contributed by atoms with Gasteiger partial charge in [0.2, 0.25) is 0 Å². The van der Waals surface area contributed by atoms with Gasteiger partial charge in [0.15, 0.2) is 0 Å². The molecule has 3 aromatic rings. The molecule has 0 radical (unpaired) electrons. The van der Waals surface area contributed by atoms with Crippen molar-refractivity contribution in [3.05, 3.63) is 68.3 Å². The van der Waals surface area contributed by atoms with Gasteiger partial charge in [-0.05, 0) is 22.4 Å². The molecular formula is C13H10N2O2S. The molecule has 0 saturated carbocycles. The fourth-order valence-electron chi connectivity index (χ4n) is 1.91. The first-order valence-electron chi connectivity index (χ1n) is 5.49. The summed E-state index contributed by atoms with van der Waals surface area (Å²) in [7, 11) is 0. The van der Waals surface area contributed by atoms with Crippen LogP contribution in [0.2, 0.25) is 0 Å². The van der Waals surface area contributed by atoms with Crippen molar-refractivity contribution in [1.29, 1.82) is 0 Å². The summed E-state index contributed by atoms with van der Waals surface area (Å²) in [6, 6.07) is 9.43. The molecule has 0 atom stereocenters. The number of thiophene rings is 1. The molecule has 0 amide bonds. The maximum Gasteiger partial charge on any atom is 0.328 e. The number of H-pyrrole nitrogens is 1. The van der Waals surface area contributed by atoms with Gasteiger partial charge in [0.05, 0.1) is 6.54 Å². The Hall–Kier alpha value is -2.14. The minimum Gasteiger partial charge on any atom is -0.296 e. The second-order valence-corrected chi connectivity index (χ2v) is 4.91. The average molecular weight is 258 g/mol. The summed E-state index contributed by atoms with van der Waals surface area (Å²) in [4.78, 5) is 24.9. The van der Waals surface area contributed by atoms with Gasteiger partial charge in [-0.2, -0.15) is 0 Å². The summed E-state index contributed by atoms with van der Waals surface area (Å²) < 4.78 is 2.69. The molecule has 2 heterocycles. The molecular weight excluding hydrogens is 248 g/mol. The monoisotopic (exact) mass is 258 g/mol. The van der Waals surface area contributed by atoms with E-state index in [1.54, 1.807) is 11.3 Å². The number of benzene rings is 1. The van der Waals surface area contributed by atoms with Crippen molar-refractivity contribution >= 4 is 21.4 Å². The lowest BCUT2D eigenvalue weighted by molar-refractivity contribution is 0.725. The van der Waals surface area contributed by atoms with Crippen LogP contribution in [-0.2, 0) is 6.54 Å². The molecule has 1 N–H and O–H groups in total. The standard InChI is InChI=1S/C13H10N2O2S/c16-12-5-6-15(13(17)14-12)7-9-8-18-11-4-2-1-3-10(9)11/h1-6,8H,7H2,(H,14,16,17). The Morgan fingerprint density at radius 3 is 2.83 bits per heavy atom. The fourth-order valence-corrected chi connectivity index (χ4v) is 2.86. The van der Waals surface area contributed by atoms with Gasteiger partial charge in [0.1, 0.15) is 0 Å². The van der Waals surface area contributed by atoms with Crippen molar-refractivity contribution in [1.82, 2.24) is 9.55 Å². The Labute approximate surface area is 106 Å². The van der Waals surface area contributed by atoms with Crippen molar-refractivity contribution in [2.24, 2.45) is 0 Å². The molecule has 1 aromatic carbocycles. The van der Waals surface area contributed by atoms with Gasteiger partial charge in [-0.1, -0.05) is 18.2 Å². The van der Waals surface area contributed by atoms with Crippen LogP contribution >= 0.6 is 11.3 Å². The van der Waals surface area contributed by atoms with Crippen LogP contribution in [0.15, 0.2) is 51.5 Å². The zero-order valence-electron chi connectivity index (χ0n) is 9.42. The molecule has 0 saturated heterocycles. The van der Waals surface area contributed by atoms with E-state index in [0.717, 1.165) is 10.9 Å². The SMILES string of the molecule is O=c1ccn(Cc2csc3ccccc23)c(=O)[nH]1. The third-order valence-corrected chi connectivity index (χ3v) is 3.81. The van der Waals surface area contributed by atoms with Gasteiger partial charge < -0.3 is 0 Å². The molecule has 0 fully saturated rings. The first kappa shape index (κ1) is 11.0. The van der Waals surface area contributed by atoms with E-state index in [-0.39, 0.29) is 11.2 Å². The van der Waals surface area contributed by atoms with Crippen molar-refractivity contribution in [3.63, 3.8) is 0 Å². The first-order chi connectivity index (χ1) is 8.74. The predicted octanol–water partition coefficient (Wildman–Crippen LogP) is 1.80. The lowest BCUT2D eigenvalue weighted by Gasteiger charge is -2.03. The molecule has 2 aromatic heterocycles. The Balaban J connectivity index is 2.07. The topological polar surface area (TPSA) is 54.9 Å². The van der Waals surface area contributed by atoms with E-state index in [4.69, 9.17) is 0 Å². The van der Waals surface area contributed by atoms with Crippen molar-refractivity contribution in [3.8, 4) is 0 Å². The highest BCUT2D eigenvalue weighted by atomic mass is 32.1. The highest BCUT2D eigenvalue weighted by Gasteiger charge is 2.05. The van der Waals surface area contributed by atoms with Crippen LogP contribution in [0.3, 0.4) is 0 Å². The summed E-state index contributed by atoms with van der Waals surface area (Å²) >= 11 is 1.65. The number of aromatic nitrogens is 2. The average Bonchev–Trinajstić information content (AvgIpc) is 2.76. The quantitative estimate of drug-likeness (QED) is 0.762. The normalized spacial score (nSPS) is 10.9. The van der Waals surface area contributed by atoms with Crippen LogP contribution in [0.4, 0.5) is 0 Å². The summed E-state index contributed by atoms with van der Waals surface area (Å²) in [5.74, 6) is 0. The molecule has 5 heteroatoms. The highest BCUT2D eigenvalue weighted by Crippen LogP contribution is 2.25. The highest BCUT2D eigenvalue weighted by molar-refractivity contribution is 7.17. The summed E-state index contributed by atoms with van der Waals surface area (Å²) in [6.07, 6.45) is 1.52. The third kappa shape index (κ3) is 1.89. The molecule has 0 unspecified atom stereocenters. The van der Waals surface area contributed by atoms with E-state index < -0.39 is 0 Å². The molecule has 0 spiro atoms. The van der Waals surface area contributed by atoms with E-state index in [1.165, 1.54) is 21.5 Å². The first-order valence-corrected chi connectivity index (χ1v) is 6.37. The Kier molecular flexibility index (Phi) is 2.60. The minimum atomic E-state index is -0.377. The number of hydrogen-bond acceptors (Lipinski definition) is 3. The molecule has 0 aliphatic heterocycles. The van der Waals surface area contributed by atoms with Crippen LogP contribution in [0.1, 0.15) is 5.56 Å². The number of aromatic amines is 1. The fraction of sp³-hybridized carbons (Fsp3) is 0.0769. The smallest absolute Gasteiger partial charge is 0.296 e. The summed E-state index contributed by atoms with van der Waals surface area (Å²) in [5.41, 5.74) is 0.342. The molecule has 0 bridgehead atoms. The largest absolute Gasteiger partial charge is 0.328 e. The van der Waals surface area contributed by atoms with Crippen LogP contribution in [0.5, 0.6) is 0 Å². The van der Waals surface area contributed by atoms with Gasteiger partial charge in [-0.3, -0.25) is 14.3 Å². The van der Waals surface area contributed by atoms with Crippen molar-refractivity contribution in [2.75, 3.05) is 0 Å². The number of nitrogens with zero attached hydrogens (tertiary/aromatic N) is 1. The molecule has 3 rings (SSSR count). The number of rotatable bonds is 2. The van der Waals surface area contributed by atoms with Crippen LogP contribution < -0.4 is 11.2 Å². The Morgan fingerprint density at radius 1 is 1.17 bits per heavy atom. The van der Waals surface area contributed by atoms with Crippen molar-refractivity contribution in [2.45, 2.75) is 6.54 Å². The Morgan fingerprint density at radius 2 is 2.00 bits per heavy atom. The predicted molar refractivity (Wildman–Crippen MR) is 72.2 cm³/mol. The molecule has 90 valence electrons. The van der Waals surface area contributed by atoms with Crippen LogP contribution in [0, 0.1) is 0 Å². The maximum absolute atomic E-state index is 11.6. The number of nitrogens with one attached hydrogen (secondary N) is 1. The van der Waals surface area contributed by atoms with Crippen LogP contribution in [0.25, 0.3) is 10.1 Å². The molecule has 0 aliphatic rings. The number of fused-ring (bicyclic) bond motifs is 1. The molecule has 0 aliphatic carbocycles. The third-order valence-electron chi connectivity index (χ3n) is 2.80. The summed E-state index contributed by atoms with van der Waals surface area (Å²) in [5, 5.41) is 3.20. The zero-order valence-corrected chi connectivity index (χ0v) is 10.2. The molecule has 4 nitrogen and oxygen atoms in total. The minimum absolute atomic E-state index is 0.369. The number of hydrogen-bond donors (Lipinski definition) is 1. The van der Waals surface area contributed by atoms with E-state index >= 15 is 0 Å². The van der Waals surface area contributed by atoms with Gasteiger partial charge in [-0.25, -0.2) is 4.79 Å². The van der Waals surface area contributed by atoms with Crippen LogP contribution in [-0.4, -0.2) is 9.55 Å². The van der Waals surface area contributed by atoms with Crippen molar-refractivity contribution < 1.29 is 0 Å². The zero-order chi connectivity index (χ0) is 12.5. The van der Waals surface area contributed by atoms with E-state index in [1.807, 2.05) is 23.6 Å². The van der Waals surface area contributed by atoms with E-state index in [0.29, 0.717) is 6.54 Å². The second kappa shape index (κ2) is 4.27. The maximum atomic E-state index is 11.6. The van der Waals surface area contributed by atoms with Gasteiger partial charge >= 0.3 is 5.69 Å². The van der Waals surface area contributed by atoms with E-state index in [2.05, 4.69) is 11.1 Å². The lowest BCUT2D eigenvalue weighted by atomic mass is 10.2. The van der Waals surface area contributed by atoms with Gasteiger partial charge in [0.25, 0.3) is 5.56 Å². The van der Waals surface area contributed by atoms with Gasteiger partial charge in [-0.15, -0.1) is 11.3 Å². The second-order valence-electron chi connectivity index (χ2n) is 4.00.